The fraction of sp³-hybridized carbons (Fsp3) is 0.600. The molecule has 1 atom stereocenters. The molecule has 4 heteroatoms. The first-order chi connectivity index (χ1) is 11.6. The lowest BCUT2D eigenvalue weighted by molar-refractivity contribution is -0.141. The quantitative estimate of drug-likeness (QED) is 0.528. The summed E-state index contributed by atoms with van der Waals surface area (Å²) < 4.78 is 0. The van der Waals surface area contributed by atoms with E-state index in [-0.39, 0.29) is 5.91 Å². The maximum atomic E-state index is 11.9. The van der Waals surface area contributed by atoms with Gasteiger partial charge in [-0.25, -0.2) is 4.79 Å². The molecule has 0 saturated heterocycles. The molecule has 1 aromatic rings. The number of hydrogen-bond acceptors (Lipinski definition) is 2. The van der Waals surface area contributed by atoms with Crippen molar-refractivity contribution < 1.29 is 14.7 Å². The van der Waals surface area contributed by atoms with Crippen molar-refractivity contribution in [3.63, 3.8) is 0 Å². The van der Waals surface area contributed by atoms with Crippen LogP contribution in [0.25, 0.3) is 0 Å². The first-order valence-corrected chi connectivity index (χ1v) is 9.19. The number of carboxylic acids is 1. The van der Waals surface area contributed by atoms with Crippen LogP contribution < -0.4 is 5.32 Å². The molecular formula is C20H31NO3. The van der Waals surface area contributed by atoms with Gasteiger partial charge in [0.2, 0.25) is 5.91 Å². The van der Waals surface area contributed by atoms with Gasteiger partial charge >= 0.3 is 5.97 Å². The van der Waals surface area contributed by atoms with Crippen LogP contribution in [0.4, 0.5) is 0 Å². The smallest absolute Gasteiger partial charge is 0.326 e. The Morgan fingerprint density at radius 2 is 1.54 bits per heavy atom. The van der Waals surface area contributed by atoms with Crippen molar-refractivity contribution in [1.29, 1.82) is 0 Å². The Labute approximate surface area is 145 Å². The molecular weight excluding hydrogens is 302 g/mol. The van der Waals surface area contributed by atoms with E-state index in [2.05, 4.69) is 12.2 Å². The van der Waals surface area contributed by atoms with Gasteiger partial charge in [0.15, 0.2) is 0 Å². The van der Waals surface area contributed by atoms with Gasteiger partial charge in [-0.15, -0.1) is 0 Å². The Morgan fingerprint density at radius 1 is 0.958 bits per heavy atom. The molecule has 1 aromatic carbocycles. The molecule has 0 fully saturated rings. The van der Waals surface area contributed by atoms with Crippen LogP contribution in [0.3, 0.4) is 0 Å². The first-order valence-electron chi connectivity index (χ1n) is 9.19. The van der Waals surface area contributed by atoms with Gasteiger partial charge in [0.25, 0.3) is 0 Å². The number of hydrogen-bond donors (Lipinski definition) is 2. The number of carbonyl (C=O) groups is 2. The highest BCUT2D eigenvalue weighted by atomic mass is 16.4. The molecule has 1 unspecified atom stereocenters. The maximum absolute atomic E-state index is 11.9. The topological polar surface area (TPSA) is 66.4 Å². The van der Waals surface area contributed by atoms with E-state index in [0.29, 0.717) is 12.8 Å². The zero-order valence-electron chi connectivity index (χ0n) is 14.8. The highest BCUT2D eigenvalue weighted by molar-refractivity contribution is 5.83. The number of amides is 1. The van der Waals surface area contributed by atoms with Crippen molar-refractivity contribution in [3.8, 4) is 0 Å². The lowest BCUT2D eigenvalue weighted by Crippen LogP contribution is -2.42. The zero-order chi connectivity index (χ0) is 17.6. The zero-order valence-corrected chi connectivity index (χ0v) is 14.8. The van der Waals surface area contributed by atoms with Gasteiger partial charge in [-0.3, -0.25) is 4.79 Å². The summed E-state index contributed by atoms with van der Waals surface area (Å²) in [4.78, 5) is 23.3. The Balaban J connectivity index is 2.20. The Morgan fingerprint density at radius 3 is 2.12 bits per heavy atom. The molecule has 0 aliphatic heterocycles. The third kappa shape index (κ3) is 9.33. The maximum Gasteiger partial charge on any atom is 0.326 e. The second-order valence-electron chi connectivity index (χ2n) is 6.37. The molecule has 0 aliphatic carbocycles. The molecule has 1 amide bonds. The summed E-state index contributed by atoms with van der Waals surface area (Å²) >= 11 is 0. The molecule has 0 saturated carbocycles. The lowest BCUT2D eigenvalue weighted by Gasteiger charge is -2.14. The Kier molecular flexibility index (Phi) is 10.6. The summed E-state index contributed by atoms with van der Waals surface area (Å²) in [5.74, 6) is -1.15. The molecule has 0 radical (unpaired) electrons. The molecule has 1 rings (SSSR count). The van der Waals surface area contributed by atoms with Crippen molar-refractivity contribution in [2.24, 2.45) is 0 Å². The predicted molar refractivity (Wildman–Crippen MR) is 96.9 cm³/mol. The van der Waals surface area contributed by atoms with Crippen molar-refractivity contribution in [3.05, 3.63) is 35.9 Å². The van der Waals surface area contributed by atoms with E-state index in [9.17, 15) is 14.7 Å². The number of rotatable bonds is 13. The number of aliphatic carboxylic acids is 1. The molecule has 0 heterocycles. The van der Waals surface area contributed by atoms with E-state index in [1.165, 1.54) is 32.1 Å². The molecule has 0 bridgehead atoms. The summed E-state index contributed by atoms with van der Waals surface area (Å²) in [5.41, 5.74) is 0.914. The molecule has 0 aromatic heterocycles. The largest absolute Gasteiger partial charge is 0.480 e. The van der Waals surface area contributed by atoms with Crippen molar-refractivity contribution in [2.45, 2.75) is 77.2 Å². The van der Waals surface area contributed by atoms with Gasteiger partial charge in [-0.1, -0.05) is 82.2 Å². The third-order valence-corrected chi connectivity index (χ3v) is 4.17. The van der Waals surface area contributed by atoms with Crippen molar-refractivity contribution in [1.82, 2.24) is 5.32 Å². The number of carbonyl (C=O) groups excluding carboxylic acids is 1. The summed E-state index contributed by atoms with van der Waals surface area (Å²) in [6, 6.07) is 8.53. The normalized spacial score (nSPS) is 11.9. The molecule has 0 spiro atoms. The van der Waals surface area contributed by atoms with Crippen LogP contribution in [-0.4, -0.2) is 23.0 Å². The van der Waals surface area contributed by atoms with Crippen LogP contribution in [0, 0.1) is 0 Å². The SMILES string of the molecule is CCCCCCCCCCC(=O)NC(Cc1ccccc1)C(=O)O. The second-order valence-corrected chi connectivity index (χ2v) is 6.37. The minimum Gasteiger partial charge on any atom is -0.480 e. The molecule has 4 nitrogen and oxygen atoms in total. The summed E-state index contributed by atoms with van der Waals surface area (Å²) in [5, 5.41) is 11.9. The number of unbranched alkanes of at least 4 members (excludes halogenated alkanes) is 7. The average molecular weight is 333 g/mol. The van der Waals surface area contributed by atoms with Gasteiger partial charge in [0, 0.05) is 12.8 Å². The minimum absolute atomic E-state index is 0.163. The van der Waals surface area contributed by atoms with E-state index in [1.807, 2.05) is 30.3 Å². The van der Waals surface area contributed by atoms with Crippen LogP contribution >= 0.6 is 0 Å². The Bertz CT molecular complexity index is 473. The van der Waals surface area contributed by atoms with Gasteiger partial charge in [-0.2, -0.15) is 0 Å². The minimum atomic E-state index is -0.983. The molecule has 2 N–H and O–H groups in total. The number of carboxylic acid groups (broad SMARTS) is 1. The van der Waals surface area contributed by atoms with E-state index in [0.717, 1.165) is 24.8 Å². The molecule has 134 valence electrons. The summed E-state index contributed by atoms with van der Waals surface area (Å²) in [6.45, 7) is 2.21. The van der Waals surface area contributed by atoms with E-state index in [4.69, 9.17) is 0 Å². The standard InChI is InChI=1S/C20H31NO3/c1-2-3-4-5-6-7-8-12-15-19(22)21-18(20(23)24)16-17-13-10-9-11-14-17/h9-11,13-14,18H,2-8,12,15-16H2,1H3,(H,21,22)(H,23,24). The monoisotopic (exact) mass is 333 g/mol. The first kappa shape index (κ1) is 20.2. The lowest BCUT2D eigenvalue weighted by atomic mass is 10.1. The van der Waals surface area contributed by atoms with Crippen LogP contribution in [0.1, 0.15) is 70.3 Å². The highest BCUT2D eigenvalue weighted by Crippen LogP contribution is 2.10. The fourth-order valence-corrected chi connectivity index (χ4v) is 2.74. The Hall–Kier alpha value is -1.84. The summed E-state index contributed by atoms with van der Waals surface area (Å²) in [6.07, 6.45) is 10.1. The van der Waals surface area contributed by atoms with Gasteiger partial charge in [0.1, 0.15) is 6.04 Å². The number of nitrogens with one attached hydrogen (secondary N) is 1. The van der Waals surface area contributed by atoms with Crippen LogP contribution in [0.15, 0.2) is 30.3 Å². The van der Waals surface area contributed by atoms with Crippen LogP contribution in [0.5, 0.6) is 0 Å². The van der Waals surface area contributed by atoms with Gasteiger partial charge in [-0.05, 0) is 12.0 Å². The van der Waals surface area contributed by atoms with Crippen LogP contribution in [0.2, 0.25) is 0 Å². The number of benzene rings is 1. The van der Waals surface area contributed by atoms with Gasteiger partial charge < -0.3 is 10.4 Å². The highest BCUT2D eigenvalue weighted by Gasteiger charge is 2.19. The van der Waals surface area contributed by atoms with E-state index < -0.39 is 12.0 Å². The molecule has 24 heavy (non-hydrogen) atoms. The summed E-state index contributed by atoms with van der Waals surface area (Å²) in [7, 11) is 0. The van der Waals surface area contributed by atoms with E-state index in [1.54, 1.807) is 0 Å². The third-order valence-electron chi connectivity index (χ3n) is 4.17. The van der Waals surface area contributed by atoms with Crippen LogP contribution in [-0.2, 0) is 16.0 Å². The van der Waals surface area contributed by atoms with E-state index >= 15 is 0 Å². The van der Waals surface area contributed by atoms with Crippen molar-refractivity contribution >= 4 is 11.9 Å². The fourth-order valence-electron chi connectivity index (χ4n) is 2.74. The predicted octanol–water partition coefficient (Wildman–Crippen LogP) is 4.33. The second kappa shape index (κ2) is 12.6. The average Bonchev–Trinajstić information content (AvgIpc) is 2.57. The molecule has 0 aliphatic rings. The van der Waals surface area contributed by atoms with Crippen molar-refractivity contribution in [2.75, 3.05) is 0 Å². The van der Waals surface area contributed by atoms with Gasteiger partial charge in [0.05, 0.1) is 0 Å².